The zero-order valence-corrected chi connectivity index (χ0v) is 11.2. The van der Waals surface area contributed by atoms with Crippen LogP contribution in [0.3, 0.4) is 0 Å². The van der Waals surface area contributed by atoms with Gasteiger partial charge in [0, 0.05) is 11.8 Å². The van der Waals surface area contributed by atoms with Crippen molar-refractivity contribution in [2.75, 3.05) is 18.0 Å². The molecule has 1 aromatic carbocycles. The first-order valence-corrected chi connectivity index (χ1v) is 7.27. The van der Waals surface area contributed by atoms with Crippen molar-refractivity contribution in [1.82, 2.24) is 5.32 Å². The number of halogens is 2. The minimum Gasteiger partial charge on any atom is -0.396 e. The maximum Gasteiger partial charge on any atom is 0.254 e. The molecule has 1 aromatic rings. The zero-order chi connectivity index (χ0) is 13.8. The molecule has 1 aliphatic rings. The first-order chi connectivity index (χ1) is 9.08. The summed E-state index contributed by atoms with van der Waals surface area (Å²) < 4.78 is 26.8. The van der Waals surface area contributed by atoms with E-state index in [2.05, 4.69) is 5.32 Å². The first-order valence-electron chi connectivity index (χ1n) is 6.22. The lowest BCUT2D eigenvalue weighted by atomic mass is 10.1. The highest BCUT2D eigenvalue weighted by Crippen LogP contribution is 2.24. The summed E-state index contributed by atoms with van der Waals surface area (Å²) in [4.78, 5) is 11.8. The Morgan fingerprint density at radius 2 is 2.21 bits per heavy atom. The topological polar surface area (TPSA) is 55.1 Å². The summed E-state index contributed by atoms with van der Waals surface area (Å²) in [5, 5.41) is 3.00. The molecular formula is C13H16F2N2OS. The van der Waals surface area contributed by atoms with Crippen LogP contribution in [-0.4, -0.2) is 23.5 Å². The summed E-state index contributed by atoms with van der Waals surface area (Å²) >= 11 is 1.80. The lowest BCUT2D eigenvalue weighted by Crippen LogP contribution is -2.32. The highest BCUT2D eigenvalue weighted by molar-refractivity contribution is 7.99. The van der Waals surface area contributed by atoms with E-state index in [1.165, 1.54) is 6.42 Å². The van der Waals surface area contributed by atoms with E-state index in [9.17, 15) is 13.6 Å². The second-order valence-electron chi connectivity index (χ2n) is 4.56. The molecule has 3 nitrogen and oxygen atoms in total. The molecule has 2 rings (SSSR count). The standard InChI is InChI=1S/C13H16F2N2OS/c14-8-5-10(12(15)11(16)6-8)13(18)17-7-9-3-1-2-4-19-9/h5-6,9H,1-4,7,16H2,(H,17,18). The molecule has 0 radical (unpaired) electrons. The smallest absolute Gasteiger partial charge is 0.254 e. The van der Waals surface area contributed by atoms with Crippen molar-refractivity contribution in [3.8, 4) is 0 Å². The molecule has 1 aliphatic heterocycles. The van der Waals surface area contributed by atoms with E-state index in [1.54, 1.807) is 11.8 Å². The van der Waals surface area contributed by atoms with E-state index in [0.717, 1.165) is 30.7 Å². The van der Waals surface area contributed by atoms with E-state index in [1.807, 2.05) is 0 Å². The Morgan fingerprint density at radius 3 is 2.89 bits per heavy atom. The van der Waals surface area contributed by atoms with Gasteiger partial charge in [-0.15, -0.1) is 0 Å². The largest absolute Gasteiger partial charge is 0.396 e. The van der Waals surface area contributed by atoms with Crippen LogP contribution >= 0.6 is 11.8 Å². The molecular weight excluding hydrogens is 270 g/mol. The SMILES string of the molecule is Nc1cc(F)cc(C(=O)NCC2CCCCS2)c1F. The van der Waals surface area contributed by atoms with Gasteiger partial charge >= 0.3 is 0 Å². The van der Waals surface area contributed by atoms with Gasteiger partial charge in [-0.05, 0) is 30.7 Å². The number of carbonyl (C=O) groups is 1. The van der Waals surface area contributed by atoms with Gasteiger partial charge in [0.25, 0.3) is 5.91 Å². The van der Waals surface area contributed by atoms with Crippen molar-refractivity contribution < 1.29 is 13.6 Å². The third-order valence-corrected chi connectivity index (χ3v) is 4.47. The van der Waals surface area contributed by atoms with Crippen molar-refractivity contribution in [2.24, 2.45) is 0 Å². The van der Waals surface area contributed by atoms with Gasteiger partial charge in [-0.1, -0.05) is 6.42 Å². The summed E-state index contributed by atoms with van der Waals surface area (Å²) in [6, 6.07) is 1.73. The lowest BCUT2D eigenvalue weighted by molar-refractivity contribution is 0.0949. The number of nitrogens with two attached hydrogens (primary N) is 1. The molecule has 1 saturated heterocycles. The van der Waals surface area contributed by atoms with E-state index >= 15 is 0 Å². The molecule has 104 valence electrons. The number of nitrogen functional groups attached to an aromatic ring is 1. The maximum absolute atomic E-state index is 13.6. The monoisotopic (exact) mass is 286 g/mol. The van der Waals surface area contributed by atoms with Crippen LogP contribution in [0.15, 0.2) is 12.1 Å². The number of nitrogens with one attached hydrogen (secondary N) is 1. The van der Waals surface area contributed by atoms with Crippen molar-refractivity contribution in [1.29, 1.82) is 0 Å². The fraction of sp³-hybridized carbons (Fsp3) is 0.462. The van der Waals surface area contributed by atoms with Crippen LogP contribution in [0.5, 0.6) is 0 Å². The molecule has 6 heteroatoms. The number of hydrogen-bond donors (Lipinski definition) is 2. The normalized spacial score (nSPS) is 19.2. The number of amides is 1. The van der Waals surface area contributed by atoms with Gasteiger partial charge in [-0.3, -0.25) is 4.79 Å². The highest BCUT2D eigenvalue weighted by Gasteiger charge is 2.19. The van der Waals surface area contributed by atoms with E-state index < -0.39 is 17.5 Å². The Kier molecular flexibility index (Phi) is 4.63. The van der Waals surface area contributed by atoms with Crippen LogP contribution in [0, 0.1) is 11.6 Å². The minimum atomic E-state index is -0.866. The summed E-state index contributed by atoms with van der Waals surface area (Å²) in [5.41, 5.74) is 4.61. The van der Waals surface area contributed by atoms with E-state index in [-0.39, 0.29) is 11.3 Å². The minimum absolute atomic E-state index is 0.335. The third kappa shape index (κ3) is 3.59. The Hall–Kier alpha value is -1.30. The Morgan fingerprint density at radius 1 is 1.42 bits per heavy atom. The highest BCUT2D eigenvalue weighted by atomic mass is 32.2. The third-order valence-electron chi connectivity index (χ3n) is 3.07. The summed E-state index contributed by atoms with van der Waals surface area (Å²) in [6.45, 7) is 0.472. The molecule has 1 heterocycles. The van der Waals surface area contributed by atoms with Crippen LogP contribution in [0.2, 0.25) is 0 Å². The average Bonchev–Trinajstić information content (AvgIpc) is 2.41. The quantitative estimate of drug-likeness (QED) is 0.840. The Balaban J connectivity index is 1.99. The van der Waals surface area contributed by atoms with Gasteiger partial charge in [0.1, 0.15) is 5.82 Å². The fourth-order valence-corrected chi connectivity index (χ4v) is 3.28. The van der Waals surface area contributed by atoms with E-state index in [4.69, 9.17) is 5.73 Å². The molecule has 0 aromatic heterocycles. The first kappa shape index (κ1) is 14.1. The van der Waals surface area contributed by atoms with Crippen LogP contribution in [0.25, 0.3) is 0 Å². The van der Waals surface area contributed by atoms with Gasteiger partial charge in [0.15, 0.2) is 5.82 Å². The van der Waals surface area contributed by atoms with Gasteiger partial charge < -0.3 is 11.1 Å². The molecule has 1 fully saturated rings. The van der Waals surface area contributed by atoms with E-state index in [0.29, 0.717) is 11.8 Å². The predicted molar refractivity (Wildman–Crippen MR) is 73.2 cm³/mol. The fourth-order valence-electron chi connectivity index (χ4n) is 2.05. The second-order valence-corrected chi connectivity index (χ2v) is 5.96. The Labute approximate surface area is 114 Å². The van der Waals surface area contributed by atoms with Crippen molar-refractivity contribution >= 4 is 23.4 Å². The number of benzene rings is 1. The Bertz CT molecular complexity index is 476. The second kappa shape index (κ2) is 6.23. The van der Waals surface area contributed by atoms with Crippen LogP contribution in [-0.2, 0) is 0 Å². The summed E-state index contributed by atoms with van der Waals surface area (Å²) in [5.74, 6) is -1.11. The van der Waals surface area contributed by atoms with Crippen LogP contribution in [0.1, 0.15) is 29.6 Å². The number of carbonyl (C=O) groups excluding carboxylic acids is 1. The predicted octanol–water partition coefficient (Wildman–Crippen LogP) is 2.56. The van der Waals surface area contributed by atoms with Crippen LogP contribution in [0.4, 0.5) is 14.5 Å². The molecule has 19 heavy (non-hydrogen) atoms. The summed E-state index contributed by atoms with van der Waals surface area (Å²) in [7, 11) is 0. The van der Waals surface area contributed by atoms with Gasteiger partial charge in [0.05, 0.1) is 11.3 Å². The number of rotatable bonds is 3. The molecule has 1 amide bonds. The molecule has 3 N–H and O–H groups in total. The zero-order valence-electron chi connectivity index (χ0n) is 10.4. The molecule has 1 atom stereocenters. The van der Waals surface area contributed by atoms with Gasteiger partial charge in [-0.2, -0.15) is 11.8 Å². The van der Waals surface area contributed by atoms with Crippen LogP contribution < -0.4 is 11.1 Å². The number of thioether (sulfide) groups is 1. The van der Waals surface area contributed by atoms with Gasteiger partial charge in [-0.25, -0.2) is 8.78 Å². The van der Waals surface area contributed by atoms with Gasteiger partial charge in [0.2, 0.25) is 0 Å². The maximum atomic E-state index is 13.6. The average molecular weight is 286 g/mol. The molecule has 0 saturated carbocycles. The van der Waals surface area contributed by atoms with Crippen molar-refractivity contribution in [2.45, 2.75) is 24.5 Å². The van der Waals surface area contributed by atoms with Crippen molar-refractivity contribution in [3.05, 3.63) is 29.3 Å². The molecule has 1 unspecified atom stereocenters. The number of anilines is 1. The summed E-state index contributed by atoms with van der Waals surface area (Å²) in [6.07, 6.45) is 3.39. The number of hydrogen-bond acceptors (Lipinski definition) is 3. The molecule has 0 aliphatic carbocycles. The molecule has 0 spiro atoms. The van der Waals surface area contributed by atoms with Crippen molar-refractivity contribution in [3.63, 3.8) is 0 Å². The lowest BCUT2D eigenvalue weighted by Gasteiger charge is -2.21. The molecule has 0 bridgehead atoms.